The zero-order valence-electron chi connectivity index (χ0n) is 22.7. The van der Waals surface area contributed by atoms with E-state index in [0.717, 1.165) is 50.4 Å². The Hall–Kier alpha value is -3.42. The molecule has 0 spiro atoms. The molecule has 1 aromatic carbocycles. The maximum atomic E-state index is 13.9. The predicted molar refractivity (Wildman–Crippen MR) is 142 cm³/mol. The van der Waals surface area contributed by atoms with Crippen LogP contribution >= 0.6 is 0 Å². The van der Waals surface area contributed by atoms with Crippen molar-refractivity contribution in [3.63, 3.8) is 0 Å². The minimum Gasteiger partial charge on any atom is -0.381 e. The van der Waals surface area contributed by atoms with E-state index in [9.17, 15) is 9.59 Å². The Bertz CT molecular complexity index is 1230. The SMILES string of the molecule is C[C@@H]1CN(C(=O)N2Cc3c(NC(=O)c4ccc(C#N)cc4)n[nH]c3C2(C)C)[C@@H](C)CN1CC1CCOCC1. The third-order valence-electron chi connectivity index (χ3n) is 8.40. The molecule has 4 heterocycles. The van der Waals surface area contributed by atoms with Crippen molar-refractivity contribution in [1.29, 1.82) is 5.26 Å². The number of aromatic amines is 1. The molecular formula is C28H37N7O3. The van der Waals surface area contributed by atoms with Gasteiger partial charge in [0.25, 0.3) is 5.91 Å². The first-order chi connectivity index (χ1) is 18.2. The molecular weight excluding hydrogens is 482 g/mol. The fraction of sp³-hybridized carbons (Fsp3) is 0.571. The average molecular weight is 520 g/mol. The monoisotopic (exact) mass is 519 g/mol. The Morgan fingerprint density at radius 1 is 1.16 bits per heavy atom. The molecule has 2 aromatic rings. The van der Waals surface area contributed by atoms with E-state index in [4.69, 9.17) is 10.00 Å². The van der Waals surface area contributed by atoms with Gasteiger partial charge in [-0.05, 0) is 70.7 Å². The largest absolute Gasteiger partial charge is 0.381 e. The van der Waals surface area contributed by atoms with Gasteiger partial charge in [-0.15, -0.1) is 0 Å². The van der Waals surface area contributed by atoms with Crippen LogP contribution in [0.1, 0.15) is 67.7 Å². The molecule has 5 rings (SSSR count). The van der Waals surface area contributed by atoms with Crippen LogP contribution in [0.25, 0.3) is 0 Å². The molecule has 2 fully saturated rings. The van der Waals surface area contributed by atoms with Crippen molar-refractivity contribution in [2.45, 2.75) is 64.7 Å². The van der Waals surface area contributed by atoms with E-state index in [1.807, 2.05) is 23.6 Å². The van der Waals surface area contributed by atoms with E-state index < -0.39 is 5.54 Å². The lowest BCUT2D eigenvalue weighted by molar-refractivity contribution is 0.00882. The highest BCUT2D eigenvalue weighted by atomic mass is 16.5. The van der Waals surface area contributed by atoms with Gasteiger partial charge < -0.3 is 19.9 Å². The summed E-state index contributed by atoms with van der Waals surface area (Å²) in [5, 5.41) is 19.3. The molecule has 10 heteroatoms. The van der Waals surface area contributed by atoms with Crippen molar-refractivity contribution in [3.8, 4) is 6.07 Å². The highest BCUT2D eigenvalue weighted by Gasteiger charge is 2.47. The molecule has 10 nitrogen and oxygen atoms in total. The summed E-state index contributed by atoms with van der Waals surface area (Å²) in [6, 6.07) is 8.89. The van der Waals surface area contributed by atoms with Crippen molar-refractivity contribution >= 4 is 17.8 Å². The molecule has 2 N–H and O–H groups in total. The number of H-pyrrole nitrogens is 1. The summed E-state index contributed by atoms with van der Waals surface area (Å²) in [5.41, 5.74) is 1.99. The second kappa shape index (κ2) is 10.4. The van der Waals surface area contributed by atoms with Crippen LogP contribution in [0, 0.1) is 17.2 Å². The molecule has 0 aliphatic carbocycles. The third-order valence-corrected chi connectivity index (χ3v) is 8.40. The summed E-state index contributed by atoms with van der Waals surface area (Å²) in [5.74, 6) is 0.781. The molecule has 1 aromatic heterocycles. The molecule has 3 amide bonds. The number of aromatic nitrogens is 2. The van der Waals surface area contributed by atoms with Gasteiger partial charge in [0.05, 0.1) is 29.4 Å². The molecule has 38 heavy (non-hydrogen) atoms. The number of carbonyl (C=O) groups is 2. The summed E-state index contributed by atoms with van der Waals surface area (Å²) in [6.07, 6.45) is 2.22. The Morgan fingerprint density at radius 2 is 1.87 bits per heavy atom. The van der Waals surface area contributed by atoms with E-state index in [-0.39, 0.29) is 24.0 Å². The Balaban J connectivity index is 1.26. The smallest absolute Gasteiger partial charge is 0.321 e. The first-order valence-electron chi connectivity index (χ1n) is 13.5. The molecule has 0 saturated carbocycles. The number of fused-ring (bicyclic) bond motifs is 1. The molecule has 0 radical (unpaired) electrons. The first-order valence-corrected chi connectivity index (χ1v) is 13.5. The third kappa shape index (κ3) is 4.88. The molecule has 0 unspecified atom stereocenters. The Morgan fingerprint density at radius 3 is 2.55 bits per heavy atom. The van der Waals surface area contributed by atoms with Gasteiger partial charge in [0.15, 0.2) is 5.82 Å². The van der Waals surface area contributed by atoms with E-state index in [1.54, 1.807) is 24.3 Å². The zero-order valence-corrected chi connectivity index (χ0v) is 22.7. The van der Waals surface area contributed by atoms with Gasteiger partial charge in [-0.1, -0.05) is 0 Å². The van der Waals surface area contributed by atoms with Crippen LogP contribution in [0.4, 0.5) is 10.6 Å². The highest BCUT2D eigenvalue weighted by molar-refractivity contribution is 6.04. The molecule has 2 saturated heterocycles. The van der Waals surface area contributed by atoms with E-state index in [1.165, 1.54) is 0 Å². The number of amides is 3. The summed E-state index contributed by atoms with van der Waals surface area (Å²) in [6.45, 7) is 13.0. The number of urea groups is 1. The zero-order chi connectivity index (χ0) is 27.0. The van der Waals surface area contributed by atoms with Crippen LogP contribution in [0.5, 0.6) is 0 Å². The second-order valence-corrected chi connectivity index (χ2v) is 11.4. The lowest BCUT2D eigenvalue weighted by Crippen LogP contribution is -2.62. The molecule has 0 bridgehead atoms. The topological polar surface area (TPSA) is 118 Å². The number of nitrogens with one attached hydrogen (secondary N) is 2. The second-order valence-electron chi connectivity index (χ2n) is 11.4. The van der Waals surface area contributed by atoms with Gasteiger partial charge >= 0.3 is 6.03 Å². The number of nitrogens with zero attached hydrogens (tertiary/aromatic N) is 5. The predicted octanol–water partition coefficient (Wildman–Crippen LogP) is 3.53. The van der Waals surface area contributed by atoms with Gasteiger partial charge in [0.2, 0.25) is 0 Å². The van der Waals surface area contributed by atoms with Crippen LogP contribution in [-0.4, -0.2) is 81.8 Å². The van der Waals surface area contributed by atoms with Crippen LogP contribution in [-0.2, 0) is 16.8 Å². The number of ether oxygens (including phenoxy) is 1. The number of hydrogen-bond donors (Lipinski definition) is 2. The van der Waals surface area contributed by atoms with Crippen molar-refractivity contribution in [3.05, 3.63) is 46.6 Å². The number of carbonyl (C=O) groups excluding carboxylic acids is 2. The van der Waals surface area contributed by atoms with Crippen molar-refractivity contribution in [2.24, 2.45) is 5.92 Å². The normalized spacial score (nSPS) is 23.7. The maximum Gasteiger partial charge on any atom is 0.321 e. The molecule has 2 atom stereocenters. The highest BCUT2D eigenvalue weighted by Crippen LogP contribution is 2.41. The van der Waals surface area contributed by atoms with Crippen LogP contribution < -0.4 is 5.32 Å². The average Bonchev–Trinajstić information content (AvgIpc) is 3.43. The summed E-state index contributed by atoms with van der Waals surface area (Å²) in [4.78, 5) is 33.2. The minimum absolute atomic E-state index is 0.00837. The maximum absolute atomic E-state index is 13.9. The number of anilines is 1. The van der Waals surface area contributed by atoms with E-state index >= 15 is 0 Å². The molecule has 3 aliphatic rings. The number of rotatable bonds is 4. The first kappa shape index (κ1) is 26.2. The van der Waals surface area contributed by atoms with E-state index in [2.05, 4.69) is 40.3 Å². The summed E-state index contributed by atoms with van der Waals surface area (Å²) in [7, 11) is 0. The molecule has 202 valence electrons. The fourth-order valence-corrected chi connectivity index (χ4v) is 5.94. The minimum atomic E-state index is -0.598. The van der Waals surface area contributed by atoms with Crippen molar-refractivity contribution in [1.82, 2.24) is 24.9 Å². The summed E-state index contributed by atoms with van der Waals surface area (Å²) >= 11 is 0. The van der Waals surface area contributed by atoms with Gasteiger partial charge in [-0.2, -0.15) is 10.4 Å². The fourth-order valence-electron chi connectivity index (χ4n) is 5.94. The quantitative estimate of drug-likeness (QED) is 0.638. The molecule has 3 aliphatic heterocycles. The van der Waals surface area contributed by atoms with Gasteiger partial charge in [0, 0.05) is 56.1 Å². The van der Waals surface area contributed by atoms with Crippen molar-refractivity contribution < 1.29 is 14.3 Å². The van der Waals surface area contributed by atoms with Crippen LogP contribution in [0.15, 0.2) is 24.3 Å². The lowest BCUT2D eigenvalue weighted by Gasteiger charge is -2.47. The van der Waals surface area contributed by atoms with E-state index in [0.29, 0.717) is 36.0 Å². The van der Waals surface area contributed by atoms with Gasteiger partial charge in [0.1, 0.15) is 0 Å². The van der Waals surface area contributed by atoms with Crippen molar-refractivity contribution in [2.75, 3.05) is 38.2 Å². The van der Waals surface area contributed by atoms with Crippen LogP contribution in [0.2, 0.25) is 0 Å². The number of benzene rings is 1. The standard InChI is InChI=1S/C28H37N7O3/c1-18-15-34(19(2)14-33(18)16-21-9-11-38-12-10-21)27(37)35-17-23-24(28(35,3)4)31-32-25(23)30-26(36)22-7-5-20(13-29)6-8-22/h5-8,18-19,21H,9-12,14-17H2,1-4H3,(H2,30,31,32,36)/t18-,19+/m1/s1. The van der Waals surface area contributed by atoms with Gasteiger partial charge in [-0.25, -0.2) is 4.79 Å². The number of hydrogen-bond acceptors (Lipinski definition) is 6. The summed E-state index contributed by atoms with van der Waals surface area (Å²) < 4.78 is 5.52. The lowest BCUT2D eigenvalue weighted by atomic mass is 9.97. The Kier molecular flexibility index (Phi) is 7.16. The van der Waals surface area contributed by atoms with Gasteiger partial charge in [-0.3, -0.25) is 14.8 Å². The number of piperazine rings is 1. The van der Waals surface area contributed by atoms with Crippen LogP contribution in [0.3, 0.4) is 0 Å². The number of nitriles is 1. The Labute approximate surface area is 223 Å².